The van der Waals surface area contributed by atoms with Gasteiger partial charge in [-0.1, -0.05) is 250 Å². The molecule has 0 aliphatic carbocycles. The monoisotopic (exact) mass is 762 g/mol. The average molecular weight is 762 g/mol. The molecule has 5 heteroatoms. The normalized spacial score (nSPS) is 13.6. The molecule has 320 valence electrons. The molecule has 54 heavy (non-hydrogen) atoms. The highest BCUT2D eigenvalue weighted by Crippen LogP contribution is 2.17. The van der Waals surface area contributed by atoms with Gasteiger partial charge in [0.05, 0.1) is 18.8 Å². The van der Waals surface area contributed by atoms with Crippen molar-refractivity contribution in [2.45, 2.75) is 276 Å². The van der Waals surface area contributed by atoms with E-state index in [2.05, 4.69) is 31.3 Å². The van der Waals surface area contributed by atoms with Crippen molar-refractivity contribution in [1.29, 1.82) is 0 Å². The second-order valence-corrected chi connectivity index (χ2v) is 16.7. The zero-order valence-electron chi connectivity index (χ0n) is 36.4. The maximum Gasteiger partial charge on any atom is 0.249 e. The number of aliphatic hydroxyl groups is 3. The van der Waals surface area contributed by atoms with Gasteiger partial charge < -0.3 is 20.6 Å². The Morgan fingerprint density at radius 2 is 0.759 bits per heavy atom. The Hall–Kier alpha value is -1.17. The van der Waals surface area contributed by atoms with Crippen molar-refractivity contribution in [3.05, 3.63) is 24.3 Å². The Morgan fingerprint density at radius 3 is 1.13 bits per heavy atom. The van der Waals surface area contributed by atoms with Crippen molar-refractivity contribution >= 4 is 5.91 Å². The van der Waals surface area contributed by atoms with Gasteiger partial charge in [0.1, 0.15) is 6.10 Å². The molecule has 3 unspecified atom stereocenters. The summed E-state index contributed by atoms with van der Waals surface area (Å²) in [5.74, 6) is -0.509. The van der Waals surface area contributed by atoms with Crippen LogP contribution in [0.2, 0.25) is 0 Å². The third-order valence-electron chi connectivity index (χ3n) is 11.3. The number of carbonyl (C=O) groups is 1. The Morgan fingerprint density at radius 1 is 0.444 bits per heavy atom. The van der Waals surface area contributed by atoms with Crippen LogP contribution < -0.4 is 5.32 Å². The number of unbranched alkanes of at least 4 members (excludes halogenated alkanes) is 34. The molecule has 0 saturated carbocycles. The smallest absolute Gasteiger partial charge is 0.249 e. The minimum Gasteiger partial charge on any atom is -0.394 e. The van der Waals surface area contributed by atoms with Gasteiger partial charge in [-0.25, -0.2) is 0 Å². The summed E-state index contributed by atoms with van der Waals surface area (Å²) in [5, 5.41) is 33.2. The first-order chi connectivity index (χ1) is 26.6. The molecular weight excluding hydrogens is 667 g/mol. The van der Waals surface area contributed by atoms with Gasteiger partial charge in [-0.05, 0) is 32.1 Å². The summed E-state index contributed by atoms with van der Waals surface area (Å²) < 4.78 is 0. The number of hydrogen-bond acceptors (Lipinski definition) is 4. The van der Waals surface area contributed by atoms with Crippen LogP contribution in [0.15, 0.2) is 24.3 Å². The minimum absolute atomic E-state index is 0.373. The highest BCUT2D eigenvalue weighted by atomic mass is 16.3. The lowest BCUT2D eigenvalue weighted by atomic mass is 10.0. The number of amides is 1. The number of carbonyl (C=O) groups excluding carboxylic acids is 1. The van der Waals surface area contributed by atoms with Crippen LogP contribution in [0.1, 0.15) is 258 Å². The van der Waals surface area contributed by atoms with Crippen LogP contribution in [-0.4, -0.2) is 46.1 Å². The van der Waals surface area contributed by atoms with Gasteiger partial charge in [0.15, 0.2) is 0 Å². The van der Waals surface area contributed by atoms with Crippen LogP contribution in [0.4, 0.5) is 0 Å². The van der Waals surface area contributed by atoms with Gasteiger partial charge in [0.2, 0.25) is 5.91 Å². The highest BCUT2D eigenvalue weighted by Gasteiger charge is 2.22. The van der Waals surface area contributed by atoms with Crippen molar-refractivity contribution in [1.82, 2.24) is 5.32 Å². The summed E-state index contributed by atoms with van der Waals surface area (Å²) >= 11 is 0. The Bertz CT molecular complexity index is 799. The van der Waals surface area contributed by atoms with E-state index in [1.165, 1.54) is 199 Å². The van der Waals surface area contributed by atoms with Crippen molar-refractivity contribution < 1.29 is 20.1 Å². The summed E-state index contributed by atoms with van der Waals surface area (Å²) in [5.41, 5.74) is 0. The van der Waals surface area contributed by atoms with Crippen molar-refractivity contribution in [3.63, 3.8) is 0 Å². The second-order valence-electron chi connectivity index (χ2n) is 16.7. The van der Waals surface area contributed by atoms with E-state index in [9.17, 15) is 20.1 Å². The Labute approximate surface area is 337 Å². The van der Waals surface area contributed by atoms with Crippen LogP contribution in [0, 0.1) is 0 Å². The van der Waals surface area contributed by atoms with Gasteiger partial charge in [-0.3, -0.25) is 4.79 Å². The summed E-state index contributed by atoms with van der Waals surface area (Å²) in [7, 11) is 0. The van der Waals surface area contributed by atoms with Crippen LogP contribution >= 0.6 is 0 Å². The molecule has 0 aromatic rings. The SMILES string of the molecule is CCCCCCCCCCCCC/C=C/CC/C=C/C(O)C(CO)NC(=O)C(O)CCCCCCCCCCCCCCCCCCCCCCCCC. The van der Waals surface area contributed by atoms with Gasteiger partial charge in [0.25, 0.3) is 0 Å². The fourth-order valence-electron chi connectivity index (χ4n) is 7.50. The molecule has 0 aliphatic rings. The molecular formula is C49H95NO4. The van der Waals surface area contributed by atoms with Gasteiger partial charge in [-0.2, -0.15) is 0 Å². The van der Waals surface area contributed by atoms with Crippen molar-refractivity contribution in [3.8, 4) is 0 Å². The minimum atomic E-state index is -1.10. The molecule has 0 bridgehead atoms. The molecule has 0 aromatic heterocycles. The summed E-state index contributed by atoms with van der Waals surface area (Å²) in [6, 6.07) is -0.811. The molecule has 0 aliphatic heterocycles. The largest absolute Gasteiger partial charge is 0.394 e. The molecule has 0 spiro atoms. The van der Waals surface area contributed by atoms with E-state index in [-0.39, 0.29) is 6.61 Å². The molecule has 0 heterocycles. The number of hydrogen-bond donors (Lipinski definition) is 4. The van der Waals surface area contributed by atoms with E-state index in [4.69, 9.17) is 0 Å². The van der Waals surface area contributed by atoms with Crippen LogP contribution in [0.3, 0.4) is 0 Å². The molecule has 0 radical (unpaired) electrons. The van der Waals surface area contributed by atoms with E-state index in [1.807, 2.05) is 6.08 Å². The fourth-order valence-corrected chi connectivity index (χ4v) is 7.50. The number of nitrogens with one attached hydrogen (secondary N) is 1. The molecule has 5 nitrogen and oxygen atoms in total. The van der Waals surface area contributed by atoms with E-state index in [0.717, 1.165) is 38.5 Å². The standard InChI is InChI=1S/C49H95NO4/c1-3-5-7-9-11-13-15-17-19-21-22-23-24-25-26-28-30-32-34-36-38-40-42-44-48(53)49(54)50-46(45-51)47(52)43-41-39-37-35-33-31-29-27-20-18-16-14-12-10-8-6-4-2/h33,35,41,43,46-48,51-53H,3-32,34,36-40,42,44-45H2,1-2H3,(H,50,54)/b35-33+,43-41+. The van der Waals surface area contributed by atoms with Crippen LogP contribution in [0.25, 0.3) is 0 Å². The molecule has 0 fully saturated rings. The topological polar surface area (TPSA) is 89.8 Å². The molecule has 0 rings (SSSR count). The lowest BCUT2D eigenvalue weighted by Crippen LogP contribution is -2.48. The van der Waals surface area contributed by atoms with Gasteiger partial charge in [0, 0.05) is 0 Å². The Balaban J connectivity index is 3.62. The average Bonchev–Trinajstić information content (AvgIpc) is 3.18. The van der Waals surface area contributed by atoms with Crippen molar-refractivity contribution in [2.75, 3.05) is 6.61 Å². The maximum absolute atomic E-state index is 12.5. The second kappa shape index (κ2) is 44.5. The summed E-state index contributed by atoms with van der Waals surface area (Å²) in [4.78, 5) is 12.5. The first-order valence-electron chi connectivity index (χ1n) is 24.2. The molecule has 3 atom stereocenters. The number of aliphatic hydroxyl groups excluding tert-OH is 3. The zero-order chi connectivity index (χ0) is 39.4. The predicted octanol–water partition coefficient (Wildman–Crippen LogP) is 14.2. The molecule has 4 N–H and O–H groups in total. The lowest BCUT2D eigenvalue weighted by molar-refractivity contribution is -0.131. The Kier molecular flexibility index (Phi) is 43.6. The summed E-state index contributed by atoms with van der Waals surface area (Å²) in [6.07, 6.45) is 55.1. The van der Waals surface area contributed by atoms with E-state index >= 15 is 0 Å². The van der Waals surface area contributed by atoms with E-state index in [0.29, 0.717) is 6.42 Å². The third-order valence-corrected chi connectivity index (χ3v) is 11.3. The number of allylic oxidation sites excluding steroid dienone is 3. The predicted molar refractivity (Wildman–Crippen MR) is 236 cm³/mol. The van der Waals surface area contributed by atoms with Crippen molar-refractivity contribution in [2.24, 2.45) is 0 Å². The first kappa shape index (κ1) is 52.8. The van der Waals surface area contributed by atoms with Crippen LogP contribution in [-0.2, 0) is 4.79 Å². The van der Waals surface area contributed by atoms with E-state index in [1.54, 1.807) is 6.08 Å². The number of rotatable bonds is 44. The molecule has 1 amide bonds. The first-order valence-corrected chi connectivity index (χ1v) is 24.2. The molecule has 0 saturated heterocycles. The zero-order valence-corrected chi connectivity index (χ0v) is 36.4. The summed E-state index contributed by atoms with van der Waals surface area (Å²) in [6.45, 7) is 4.19. The van der Waals surface area contributed by atoms with Gasteiger partial charge in [-0.15, -0.1) is 0 Å². The maximum atomic E-state index is 12.5. The molecule has 0 aromatic carbocycles. The third kappa shape index (κ3) is 39.1. The highest BCUT2D eigenvalue weighted by molar-refractivity contribution is 5.80. The van der Waals surface area contributed by atoms with Crippen LogP contribution in [0.5, 0.6) is 0 Å². The van der Waals surface area contributed by atoms with E-state index < -0.39 is 24.2 Å². The quantitative estimate of drug-likeness (QED) is 0.0368. The fraction of sp³-hybridized carbons (Fsp3) is 0.898. The van der Waals surface area contributed by atoms with Gasteiger partial charge >= 0.3 is 0 Å². The lowest BCUT2D eigenvalue weighted by Gasteiger charge is -2.21.